The first-order valence-corrected chi connectivity index (χ1v) is 6.74. The highest BCUT2D eigenvalue weighted by molar-refractivity contribution is 5.34. The Kier molecular flexibility index (Phi) is 3.77. The molecule has 0 spiro atoms. The van der Waals surface area contributed by atoms with E-state index in [9.17, 15) is 5.11 Å². The van der Waals surface area contributed by atoms with Gasteiger partial charge in [-0.25, -0.2) is 0 Å². The molecular formula is C18H22O. The molecule has 1 unspecified atom stereocenters. The van der Waals surface area contributed by atoms with Gasteiger partial charge in [-0.2, -0.15) is 0 Å². The Hall–Kier alpha value is -1.60. The third-order valence-electron chi connectivity index (χ3n) is 3.71. The summed E-state index contributed by atoms with van der Waals surface area (Å²) in [5.41, 5.74) is 5.04. The van der Waals surface area contributed by atoms with Crippen LogP contribution in [0.3, 0.4) is 0 Å². The van der Waals surface area contributed by atoms with E-state index in [1.54, 1.807) is 0 Å². The largest absolute Gasteiger partial charge is 0.385 e. The third-order valence-corrected chi connectivity index (χ3v) is 3.71. The number of aliphatic hydroxyl groups is 1. The van der Waals surface area contributed by atoms with Gasteiger partial charge in [-0.1, -0.05) is 53.6 Å². The lowest BCUT2D eigenvalue weighted by molar-refractivity contribution is 0.0574. The lowest BCUT2D eigenvalue weighted by Crippen LogP contribution is -2.24. The van der Waals surface area contributed by atoms with Gasteiger partial charge in [-0.3, -0.25) is 0 Å². The van der Waals surface area contributed by atoms with Gasteiger partial charge in [0.25, 0.3) is 0 Å². The summed E-state index contributed by atoms with van der Waals surface area (Å²) in [5, 5.41) is 10.7. The van der Waals surface area contributed by atoms with Gasteiger partial charge >= 0.3 is 0 Å². The predicted molar refractivity (Wildman–Crippen MR) is 80.4 cm³/mol. The summed E-state index contributed by atoms with van der Waals surface area (Å²) < 4.78 is 0. The molecule has 1 N–H and O–H groups in total. The van der Waals surface area contributed by atoms with Crippen molar-refractivity contribution in [2.45, 2.75) is 39.7 Å². The van der Waals surface area contributed by atoms with Crippen molar-refractivity contribution >= 4 is 0 Å². The molecule has 100 valence electrons. The molecule has 0 radical (unpaired) electrons. The highest BCUT2D eigenvalue weighted by Gasteiger charge is 2.24. The summed E-state index contributed by atoms with van der Waals surface area (Å²) in [6.45, 7) is 8.13. The van der Waals surface area contributed by atoms with Crippen molar-refractivity contribution in [3.63, 3.8) is 0 Å². The molecule has 2 aromatic rings. The fourth-order valence-electron chi connectivity index (χ4n) is 2.38. The summed E-state index contributed by atoms with van der Waals surface area (Å²) in [4.78, 5) is 0. The van der Waals surface area contributed by atoms with Crippen LogP contribution in [0.5, 0.6) is 0 Å². The van der Waals surface area contributed by atoms with E-state index >= 15 is 0 Å². The SMILES string of the molecule is Cc1ccc(C(C)(O)Cc2cc(C)ccc2C)cc1. The van der Waals surface area contributed by atoms with Gasteiger partial charge < -0.3 is 5.11 Å². The van der Waals surface area contributed by atoms with Crippen LogP contribution in [0.25, 0.3) is 0 Å². The summed E-state index contributed by atoms with van der Waals surface area (Å²) in [6.07, 6.45) is 0.642. The van der Waals surface area contributed by atoms with E-state index in [0.29, 0.717) is 6.42 Å². The number of hydrogen-bond acceptors (Lipinski definition) is 1. The van der Waals surface area contributed by atoms with E-state index in [1.165, 1.54) is 22.3 Å². The smallest absolute Gasteiger partial charge is 0.0908 e. The van der Waals surface area contributed by atoms with Gasteiger partial charge in [0.05, 0.1) is 5.60 Å². The minimum Gasteiger partial charge on any atom is -0.385 e. The van der Waals surface area contributed by atoms with Crippen molar-refractivity contribution in [1.82, 2.24) is 0 Å². The Labute approximate surface area is 115 Å². The fourth-order valence-corrected chi connectivity index (χ4v) is 2.38. The molecule has 2 aromatic carbocycles. The molecular weight excluding hydrogens is 232 g/mol. The van der Waals surface area contributed by atoms with Crippen LogP contribution in [0.4, 0.5) is 0 Å². The molecule has 1 heteroatoms. The quantitative estimate of drug-likeness (QED) is 0.875. The average Bonchev–Trinajstić information content (AvgIpc) is 2.34. The molecule has 2 rings (SSSR count). The first kappa shape index (κ1) is 13.8. The van der Waals surface area contributed by atoms with Crippen LogP contribution in [0.15, 0.2) is 42.5 Å². The maximum Gasteiger partial charge on any atom is 0.0908 e. The van der Waals surface area contributed by atoms with Crippen LogP contribution in [0.1, 0.15) is 34.7 Å². The summed E-state index contributed by atoms with van der Waals surface area (Å²) in [7, 11) is 0. The van der Waals surface area contributed by atoms with E-state index in [4.69, 9.17) is 0 Å². The molecule has 0 fully saturated rings. The van der Waals surface area contributed by atoms with Gasteiger partial charge in [0, 0.05) is 6.42 Å². The van der Waals surface area contributed by atoms with Crippen LogP contribution < -0.4 is 0 Å². The molecule has 0 aliphatic carbocycles. The fraction of sp³-hybridized carbons (Fsp3) is 0.333. The summed E-state index contributed by atoms with van der Waals surface area (Å²) in [6, 6.07) is 14.5. The molecule has 0 saturated heterocycles. The Morgan fingerprint density at radius 1 is 0.895 bits per heavy atom. The van der Waals surface area contributed by atoms with Gasteiger partial charge in [-0.15, -0.1) is 0 Å². The Morgan fingerprint density at radius 2 is 1.47 bits per heavy atom. The Bertz CT molecular complexity index is 565. The number of hydrogen-bond donors (Lipinski definition) is 1. The molecule has 0 amide bonds. The number of rotatable bonds is 3. The zero-order valence-electron chi connectivity index (χ0n) is 12.2. The van der Waals surface area contributed by atoms with E-state index < -0.39 is 5.60 Å². The molecule has 0 heterocycles. The summed E-state index contributed by atoms with van der Waals surface area (Å²) >= 11 is 0. The average molecular weight is 254 g/mol. The molecule has 1 atom stereocenters. The molecule has 0 aromatic heterocycles. The minimum absolute atomic E-state index is 0.642. The number of aryl methyl sites for hydroxylation is 3. The van der Waals surface area contributed by atoms with Crippen LogP contribution in [0.2, 0.25) is 0 Å². The van der Waals surface area contributed by atoms with Crippen molar-refractivity contribution in [2.75, 3.05) is 0 Å². The molecule has 0 bridgehead atoms. The standard InChI is InChI=1S/C18H22O/c1-13-6-9-17(10-7-13)18(4,19)12-16-11-14(2)5-8-15(16)3/h5-11,19H,12H2,1-4H3. The van der Waals surface area contributed by atoms with Crippen molar-refractivity contribution in [2.24, 2.45) is 0 Å². The maximum atomic E-state index is 10.7. The number of benzene rings is 2. The zero-order chi connectivity index (χ0) is 14.0. The van der Waals surface area contributed by atoms with Gasteiger partial charge in [0.15, 0.2) is 0 Å². The Morgan fingerprint density at radius 3 is 2.11 bits per heavy atom. The zero-order valence-corrected chi connectivity index (χ0v) is 12.2. The van der Waals surface area contributed by atoms with Crippen LogP contribution in [-0.4, -0.2) is 5.11 Å². The van der Waals surface area contributed by atoms with Gasteiger partial charge in [-0.05, 0) is 44.4 Å². The first-order valence-electron chi connectivity index (χ1n) is 6.74. The first-order chi connectivity index (χ1) is 8.88. The van der Waals surface area contributed by atoms with Gasteiger partial charge in [0.2, 0.25) is 0 Å². The third kappa shape index (κ3) is 3.24. The second kappa shape index (κ2) is 5.18. The van der Waals surface area contributed by atoms with E-state index in [-0.39, 0.29) is 0 Å². The monoisotopic (exact) mass is 254 g/mol. The predicted octanol–water partition coefficient (Wildman–Crippen LogP) is 4.06. The van der Waals surface area contributed by atoms with Crippen molar-refractivity contribution < 1.29 is 5.11 Å². The van der Waals surface area contributed by atoms with E-state index in [0.717, 1.165) is 5.56 Å². The summed E-state index contributed by atoms with van der Waals surface area (Å²) in [5.74, 6) is 0. The second-order valence-electron chi connectivity index (χ2n) is 5.75. The molecule has 19 heavy (non-hydrogen) atoms. The molecule has 0 saturated carbocycles. The highest BCUT2D eigenvalue weighted by atomic mass is 16.3. The normalized spacial score (nSPS) is 14.2. The molecule has 0 aliphatic heterocycles. The molecule has 1 nitrogen and oxygen atoms in total. The van der Waals surface area contributed by atoms with Crippen LogP contribution in [0, 0.1) is 20.8 Å². The second-order valence-corrected chi connectivity index (χ2v) is 5.75. The molecule has 0 aliphatic rings. The highest BCUT2D eigenvalue weighted by Crippen LogP contribution is 2.27. The topological polar surface area (TPSA) is 20.2 Å². The van der Waals surface area contributed by atoms with Crippen LogP contribution >= 0.6 is 0 Å². The van der Waals surface area contributed by atoms with Crippen molar-refractivity contribution in [3.8, 4) is 0 Å². The lowest BCUT2D eigenvalue weighted by Gasteiger charge is -2.25. The Balaban J connectivity index is 2.30. The van der Waals surface area contributed by atoms with Crippen molar-refractivity contribution in [3.05, 3.63) is 70.3 Å². The maximum absolute atomic E-state index is 10.7. The van der Waals surface area contributed by atoms with E-state index in [1.807, 2.05) is 31.2 Å². The lowest BCUT2D eigenvalue weighted by atomic mass is 9.87. The minimum atomic E-state index is -0.827. The van der Waals surface area contributed by atoms with Crippen LogP contribution in [-0.2, 0) is 12.0 Å². The van der Waals surface area contributed by atoms with Crippen molar-refractivity contribution in [1.29, 1.82) is 0 Å². The van der Waals surface area contributed by atoms with Gasteiger partial charge in [0.1, 0.15) is 0 Å². The van der Waals surface area contributed by atoms with E-state index in [2.05, 4.69) is 39.0 Å².